The molecule has 0 radical (unpaired) electrons. The molecule has 26 heavy (non-hydrogen) atoms. The van der Waals surface area contributed by atoms with Gasteiger partial charge in [0, 0.05) is 7.11 Å². The molecule has 2 aromatic heterocycles. The Bertz CT molecular complexity index is 883. The fourth-order valence-electron chi connectivity index (χ4n) is 2.22. The predicted molar refractivity (Wildman–Crippen MR) is 98.7 cm³/mol. The van der Waals surface area contributed by atoms with Crippen LogP contribution in [0.2, 0.25) is 0 Å². The molecule has 0 amide bonds. The second-order valence-electron chi connectivity index (χ2n) is 5.09. The van der Waals surface area contributed by atoms with Gasteiger partial charge in [-0.1, -0.05) is 26.0 Å². The molecule has 0 unspecified atom stereocenters. The number of fused-ring (bicyclic) bond motifs is 1. The van der Waals surface area contributed by atoms with Crippen LogP contribution in [0.15, 0.2) is 30.6 Å². The maximum absolute atomic E-state index is 8.86. The van der Waals surface area contributed by atoms with Crippen LogP contribution in [0.4, 0.5) is 5.82 Å². The Hall–Kier alpha value is -3.18. The van der Waals surface area contributed by atoms with E-state index in [9.17, 15) is 0 Å². The van der Waals surface area contributed by atoms with Crippen molar-refractivity contribution in [3.05, 3.63) is 41.7 Å². The van der Waals surface area contributed by atoms with Crippen LogP contribution in [0.3, 0.4) is 0 Å². The molecule has 8 heteroatoms. The fourth-order valence-corrected chi connectivity index (χ4v) is 2.22. The highest BCUT2D eigenvalue weighted by Gasteiger charge is 2.12. The number of anilines is 1. The summed E-state index contributed by atoms with van der Waals surface area (Å²) in [6.45, 7) is 5.33. The first kappa shape index (κ1) is 19.1. The van der Waals surface area contributed by atoms with Crippen molar-refractivity contribution in [2.75, 3.05) is 26.1 Å². The molecule has 0 fully saturated rings. The van der Waals surface area contributed by atoms with Gasteiger partial charge in [0.2, 0.25) is 0 Å². The molecule has 2 heterocycles. The molecule has 0 spiro atoms. The number of rotatable bonds is 6. The Labute approximate surface area is 152 Å². The molecular weight excluding hydrogens is 332 g/mol. The fraction of sp³-hybridized carbons (Fsp3) is 0.333. The minimum absolute atomic E-state index is 0.193. The molecule has 0 atom stereocenters. The largest absolute Gasteiger partial charge is 0.461 e. The lowest BCUT2D eigenvalue weighted by molar-refractivity contribution is 0.141. The number of aromatic nitrogens is 4. The minimum atomic E-state index is 0.193. The third-order valence-corrected chi connectivity index (χ3v) is 3.42. The maximum Gasteiger partial charge on any atom is 0.320 e. The lowest BCUT2D eigenvalue weighted by Crippen LogP contribution is -2.09. The third-order valence-electron chi connectivity index (χ3n) is 3.42. The first-order valence-electron chi connectivity index (χ1n) is 8.30. The summed E-state index contributed by atoms with van der Waals surface area (Å²) < 4.78 is 12.2. The molecule has 3 rings (SSSR count). The smallest absolute Gasteiger partial charge is 0.320 e. The quantitative estimate of drug-likeness (QED) is 0.676. The molecule has 8 nitrogen and oxygen atoms in total. The number of methoxy groups -OCH3 is 1. The van der Waals surface area contributed by atoms with Gasteiger partial charge < -0.3 is 19.8 Å². The summed E-state index contributed by atoms with van der Waals surface area (Å²) in [4.78, 5) is 12.7. The number of hydrogen-bond donors (Lipinski definition) is 1. The van der Waals surface area contributed by atoms with Crippen molar-refractivity contribution in [2.24, 2.45) is 0 Å². The Kier molecular flexibility index (Phi) is 6.88. The molecule has 0 saturated heterocycles. The van der Waals surface area contributed by atoms with Gasteiger partial charge in [0.1, 0.15) is 6.61 Å². The van der Waals surface area contributed by atoms with E-state index in [0.29, 0.717) is 36.5 Å². The van der Waals surface area contributed by atoms with E-state index in [-0.39, 0.29) is 11.8 Å². The van der Waals surface area contributed by atoms with E-state index in [1.165, 1.54) is 0 Å². The van der Waals surface area contributed by atoms with Gasteiger partial charge in [0.15, 0.2) is 17.0 Å². The van der Waals surface area contributed by atoms with Crippen molar-refractivity contribution in [3.63, 3.8) is 0 Å². The number of benzene rings is 1. The Morgan fingerprint density at radius 2 is 1.88 bits per heavy atom. The van der Waals surface area contributed by atoms with Gasteiger partial charge in [-0.2, -0.15) is 15.2 Å². The molecule has 0 aliphatic heterocycles. The monoisotopic (exact) mass is 354 g/mol. The van der Waals surface area contributed by atoms with Crippen molar-refractivity contribution in [1.82, 2.24) is 19.5 Å². The zero-order valence-electron chi connectivity index (χ0n) is 15.1. The van der Waals surface area contributed by atoms with Crippen LogP contribution < -0.4 is 10.5 Å². The maximum atomic E-state index is 8.86. The summed E-state index contributed by atoms with van der Waals surface area (Å²) in [7, 11) is 1.59. The standard InChI is InChI=1S/C16H16N6O2.C2H6/c1-23-6-7-24-16-20-14(18)13-15(21-16)22(10-19-13)9-12-4-2-11(8-17)3-5-12;1-2/h2-5,10H,6-7,9H2,1H3,(H2,18,20,21);1-2H3. The van der Waals surface area contributed by atoms with Gasteiger partial charge in [-0.3, -0.25) is 0 Å². The van der Waals surface area contributed by atoms with Crippen molar-refractivity contribution < 1.29 is 9.47 Å². The van der Waals surface area contributed by atoms with Crippen molar-refractivity contribution in [2.45, 2.75) is 20.4 Å². The van der Waals surface area contributed by atoms with Crippen molar-refractivity contribution in [1.29, 1.82) is 5.26 Å². The number of nitrogen functional groups attached to an aromatic ring is 1. The number of hydrogen-bond acceptors (Lipinski definition) is 7. The van der Waals surface area contributed by atoms with E-state index in [4.69, 9.17) is 20.5 Å². The van der Waals surface area contributed by atoms with Crippen molar-refractivity contribution >= 4 is 17.0 Å². The van der Waals surface area contributed by atoms with Gasteiger partial charge in [-0.25, -0.2) is 4.98 Å². The number of nitrogens with two attached hydrogens (primary N) is 1. The topological polar surface area (TPSA) is 112 Å². The zero-order chi connectivity index (χ0) is 18.9. The number of nitrogens with zero attached hydrogens (tertiary/aromatic N) is 5. The van der Waals surface area contributed by atoms with Gasteiger partial charge >= 0.3 is 6.01 Å². The molecular formula is C18H22N6O2. The Morgan fingerprint density at radius 1 is 1.15 bits per heavy atom. The third kappa shape index (κ3) is 4.46. The summed E-state index contributed by atoms with van der Waals surface area (Å²) in [5.41, 5.74) is 8.70. The van der Waals surface area contributed by atoms with Gasteiger partial charge in [-0.15, -0.1) is 0 Å². The van der Waals surface area contributed by atoms with E-state index < -0.39 is 0 Å². The summed E-state index contributed by atoms with van der Waals surface area (Å²) in [5.74, 6) is 0.269. The van der Waals surface area contributed by atoms with Crippen molar-refractivity contribution in [3.8, 4) is 12.1 Å². The summed E-state index contributed by atoms with van der Waals surface area (Å²) in [5, 5.41) is 8.86. The molecule has 0 bridgehead atoms. The van der Waals surface area contributed by atoms with E-state index in [0.717, 1.165) is 5.56 Å². The second kappa shape index (κ2) is 9.34. The highest BCUT2D eigenvalue weighted by Crippen LogP contribution is 2.20. The van der Waals surface area contributed by atoms with Crippen LogP contribution in [0, 0.1) is 11.3 Å². The first-order valence-corrected chi connectivity index (χ1v) is 8.30. The Morgan fingerprint density at radius 3 is 2.54 bits per heavy atom. The summed E-state index contributed by atoms with van der Waals surface area (Å²) in [6, 6.07) is 9.63. The average Bonchev–Trinajstić information content (AvgIpc) is 3.08. The van der Waals surface area contributed by atoms with E-state index in [2.05, 4.69) is 21.0 Å². The second-order valence-corrected chi connectivity index (χ2v) is 5.09. The molecule has 0 aliphatic rings. The van der Waals surface area contributed by atoms with E-state index in [1.54, 1.807) is 25.6 Å². The summed E-state index contributed by atoms with van der Waals surface area (Å²) in [6.07, 6.45) is 1.66. The molecule has 1 aromatic carbocycles. The van der Waals surface area contributed by atoms with Crippen LogP contribution in [0.5, 0.6) is 6.01 Å². The van der Waals surface area contributed by atoms with Gasteiger partial charge in [-0.05, 0) is 17.7 Å². The normalized spacial score (nSPS) is 10.1. The van der Waals surface area contributed by atoms with Crippen LogP contribution in [-0.4, -0.2) is 39.8 Å². The number of ether oxygens (including phenoxy) is 2. The van der Waals surface area contributed by atoms with E-state index in [1.807, 2.05) is 30.5 Å². The number of imidazole rings is 1. The van der Waals surface area contributed by atoms with Gasteiger partial charge in [0.05, 0.1) is 31.1 Å². The van der Waals surface area contributed by atoms with E-state index >= 15 is 0 Å². The SMILES string of the molecule is CC.COCCOc1nc(N)c2ncn(Cc3ccc(C#N)cc3)c2n1. The zero-order valence-corrected chi connectivity index (χ0v) is 15.1. The average molecular weight is 354 g/mol. The van der Waals surface area contributed by atoms with Crippen LogP contribution in [-0.2, 0) is 11.3 Å². The molecule has 136 valence electrons. The van der Waals surface area contributed by atoms with Crippen LogP contribution in [0.1, 0.15) is 25.0 Å². The molecule has 2 N–H and O–H groups in total. The molecule has 0 aliphatic carbocycles. The van der Waals surface area contributed by atoms with Crippen LogP contribution >= 0.6 is 0 Å². The predicted octanol–water partition coefficient (Wildman–Crippen LogP) is 2.38. The minimum Gasteiger partial charge on any atom is -0.461 e. The molecule has 3 aromatic rings. The van der Waals surface area contributed by atoms with Gasteiger partial charge in [0.25, 0.3) is 0 Å². The highest BCUT2D eigenvalue weighted by molar-refractivity contribution is 5.81. The molecule has 0 saturated carbocycles. The van der Waals surface area contributed by atoms with Crippen LogP contribution in [0.25, 0.3) is 11.2 Å². The Balaban J connectivity index is 0.00000117. The first-order chi connectivity index (χ1) is 12.7. The number of nitriles is 1. The highest BCUT2D eigenvalue weighted by atomic mass is 16.5. The lowest BCUT2D eigenvalue weighted by Gasteiger charge is -2.07. The lowest BCUT2D eigenvalue weighted by atomic mass is 10.1. The summed E-state index contributed by atoms with van der Waals surface area (Å²) >= 11 is 0.